The molecule has 1 saturated heterocycles. The van der Waals surface area contributed by atoms with Gasteiger partial charge in [0.1, 0.15) is 23.4 Å². The summed E-state index contributed by atoms with van der Waals surface area (Å²) in [4.78, 5) is 45.4. The maximum atomic E-state index is 13.5. The van der Waals surface area contributed by atoms with E-state index in [2.05, 4.69) is 11.9 Å². The van der Waals surface area contributed by atoms with Gasteiger partial charge in [0.2, 0.25) is 0 Å². The van der Waals surface area contributed by atoms with Crippen LogP contribution in [0.2, 0.25) is 0 Å². The van der Waals surface area contributed by atoms with Crippen molar-refractivity contribution in [1.82, 2.24) is 4.98 Å². The van der Waals surface area contributed by atoms with E-state index in [1.54, 1.807) is 43.3 Å². The van der Waals surface area contributed by atoms with Gasteiger partial charge in [-0.1, -0.05) is 36.8 Å². The molecule has 2 aliphatic heterocycles. The summed E-state index contributed by atoms with van der Waals surface area (Å²) in [5.74, 6) is -0.762. The number of benzene rings is 2. The number of fused-ring (bicyclic) bond motifs is 1. The number of rotatable bonds is 8. The molecule has 3 heterocycles. The first kappa shape index (κ1) is 26.6. The molecule has 0 saturated carbocycles. The fourth-order valence-corrected chi connectivity index (χ4v) is 5.98. The molecule has 39 heavy (non-hydrogen) atoms. The van der Waals surface area contributed by atoms with Crippen LogP contribution in [-0.2, 0) is 16.0 Å². The van der Waals surface area contributed by atoms with Crippen molar-refractivity contribution in [2.75, 3.05) is 11.5 Å². The highest BCUT2D eigenvalue weighted by Crippen LogP contribution is 2.45. The zero-order valence-corrected chi connectivity index (χ0v) is 23.1. The summed E-state index contributed by atoms with van der Waals surface area (Å²) in [6, 6.07) is 11.4. The Balaban J connectivity index is 1.66. The number of carbonyl (C=O) groups excluding carboxylic acids is 3. The Morgan fingerprint density at radius 1 is 1.23 bits per heavy atom. The number of aryl methyl sites for hydroxylation is 1. The zero-order chi connectivity index (χ0) is 27.8. The third-order valence-corrected chi connectivity index (χ3v) is 8.12. The minimum Gasteiger partial charge on any atom is -0.507 e. The van der Waals surface area contributed by atoms with E-state index >= 15 is 0 Å². The van der Waals surface area contributed by atoms with E-state index in [0.29, 0.717) is 40.5 Å². The van der Waals surface area contributed by atoms with E-state index in [-0.39, 0.29) is 28.4 Å². The van der Waals surface area contributed by atoms with Gasteiger partial charge in [0.25, 0.3) is 5.78 Å². The topological polar surface area (TPSA) is 106 Å². The lowest BCUT2D eigenvalue weighted by molar-refractivity contribution is -0.132. The second-order valence-corrected chi connectivity index (χ2v) is 10.8. The molecular weight excluding hydrogens is 516 g/mol. The largest absolute Gasteiger partial charge is 0.507 e. The number of hydrogen-bond acceptors (Lipinski definition) is 8. The minimum absolute atomic E-state index is 0.0158. The van der Waals surface area contributed by atoms with E-state index < -0.39 is 17.7 Å². The van der Waals surface area contributed by atoms with Crippen LogP contribution in [0.5, 0.6) is 11.5 Å². The Hall–Kier alpha value is -3.98. The Labute approximate surface area is 230 Å². The number of ketones is 2. The third kappa shape index (κ3) is 4.94. The molecule has 0 spiro atoms. The number of Topliss-reactive ketones (excluding diaryl/α,β-unsaturated/α-hetero) is 2. The van der Waals surface area contributed by atoms with Gasteiger partial charge in [0, 0.05) is 18.9 Å². The van der Waals surface area contributed by atoms with Gasteiger partial charge < -0.3 is 14.6 Å². The maximum absolute atomic E-state index is 13.5. The first-order chi connectivity index (χ1) is 18.7. The summed E-state index contributed by atoms with van der Waals surface area (Å²) in [6.45, 7) is 7.70. The lowest BCUT2D eigenvalue weighted by Gasteiger charge is -2.23. The van der Waals surface area contributed by atoms with Crippen molar-refractivity contribution in [3.05, 3.63) is 75.3 Å². The highest BCUT2D eigenvalue weighted by Gasteiger charge is 2.48. The molecule has 1 aromatic heterocycles. The number of aliphatic hydroxyl groups is 1. The van der Waals surface area contributed by atoms with Crippen LogP contribution in [0.15, 0.2) is 48.0 Å². The van der Waals surface area contributed by atoms with E-state index in [1.807, 2.05) is 13.0 Å². The van der Waals surface area contributed by atoms with Crippen molar-refractivity contribution in [3.63, 3.8) is 0 Å². The van der Waals surface area contributed by atoms with Crippen LogP contribution in [0, 0.1) is 6.92 Å². The summed E-state index contributed by atoms with van der Waals surface area (Å²) >= 11 is 1.06. The summed E-state index contributed by atoms with van der Waals surface area (Å²) in [6.07, 6.45) is 2.56. The molecule has 8 nitrogen and oxygen atoms in total. The quantitative estimate of drug-likeness (QED) is 0.125. The third-order valence-electron chi connectivity index (χ3n) is 6.87. The number of nitrogens with zero attached hydrogens (tertiary/aromatic N) is 2. The van der Waals surface area contributed by atoms with Crippen molar-refractivity contribution < 1.29 is 29.0 Å². The molecule has 0 aliphatic carbocycles. The van der Waals surface area contributed by atoms with Gasteiger partial charge in [-0.3, -0.25) is 19.3 Å². The molecule has 3 aromatic rings. The van der Waals surface area contributed by atoms with Crippen LogP contribution in [0.3, 0.4) is 0 Å². The molecule has 1 fully saturated rings. The molecule has 9 heteroatoms. The second-order valence-electron chi connectivity index (χ2n) is 9.87. The number of carbonyl (C=O) groups is 3. The molecule has 202 valence electrons. The van der Waals surface area contributed by atoms with Crippen LogP contribution in [0.25, 0.3) is 5.76 Å². The van der Waals surface area contributed by atoms with E-state index in [9.17, 15) is 19.5 Å². The fourth-order valence-electron chi connectivity index (χ4n) is 4.99. The number of anilines is 1. The van der Waals surface area contributed by atoms with Gasteiger partial charge >= 0.3 is 5.91 Å². The Morgan fingerprint density at radius 3 is 2.74 bits per heavy atom. The number of thiazole rings is 1. The summed E-state index contributed by atoms with van der Waals surface area (Å²) in [5, 5.41) is 11.7. The molecule has 5 rings (SSSR count). The molecule has 1 N–H and O–H groups in total. The highest BCUT2D eigenvalue weighted by atomic mass is 32.1. The molecule has 0 bridgehead atoms. The van der Waals surface area contributed by atoms with Gasteiger partial charge in [-0.15, -0.1) is 0 Å². The molecule has 2 aliphatic rings. The Bertz CT molecular complexity index is 1510. The standard InChI is InChI=1S/C30H30N2O6S/c1-5-6-12-37-22-9-7-8-19(15-22)25-24(26(34)20-10-11-23-21(14-20)13-16(2)38-23)27(35)29(36)32(25)30-31-17(3)28(39-30)18(4)33/h7-11,14-16,25,34H,5-6,12-13H2,1-4H3/t16-,25-/m1/s1. The molecular formula is C30H30N2O6S. The lowest BCUT2D eigenvalue weighted by Crippen LogP contribution is -2.29. The van der Waals surface area contributed by atoms with Crippen molar-refractivity contribution >= 4 is 39.7 Å². The lowest BCUT2D eigenvalue weighted by atomic mass is 9.94. The molecule has 2 aromatic carbocycles. The molecule has 2 atom stereocenters. The van der Waals surface area contributed by atoms with Gasteiger partial charge in [0.05, 0.1) is 28.8 Å². The number of hydrogen-bond donors (Lipinski definition) is 1. The smallest absolute Gasteiger partial charge is 0.301 e. The van der Waals surface area contributed by atoms with E-state index in [0.717, 1.165) is 35.5 Å². The van der Waals surface area contributed by atoms with Crippen molar-refractivity contribution in [3.8, 4) is 11.5 Å². The van der Waals surface area contributed by atoms with Crippen LogP contribution < -0.4 is 14.4 Å². The Morgan fingerprint density at radius 2 is 2.03 bits per heavy atom. The maximum Gasteiger partial charge on any atom is 0.301 e. The zero-order valence-electron chi connectivity index (χ0n) is 22.3. The van der Waals surface area contributed by atoms with Crippen molar-refractivity contribution in [2.45, 2.75) is 59.1 Å². The van der Waals surface area contributed by atoms with Crippen LogP contribution in [0.4, 0.5) is 5.13 Å². The normalized spacial score (nSPS) is 19.7. The number of amides is 1. The van der Waals surface area contributed by atoms with Gasteiger partial charge in [-0.2, -0.15) is 0 Å². The van der Waals surface area contributed by atoms with Crippen LogP contribution in [0.1, 0.15) is 71.7 Å². The predicted octanol–water partition coefficient (Wildman–Crippen LogP) is 5.78. The van der Waals surface area contributed by atoms with Gasteiger partial charge in [-0.25, -0.2) is 4.98 Å². The number of unbranched alkanes of at least 4 members (excludes halogenated alkanes) is 1. The van der Waals surface area contributed by atoms with E-state index in [4.69, 9.17) is 9.47 Å². The van der Waals surface area contributed by atoms with Crippen molar-refractivity contribution in [2.24, 2.45) is 0 Å². The summed E-state index contributed by atoms with van der Waals surface area (Å²) in [5.41, 5.74) is 2.36. The van der Waals surface area contributed by atoms with Crippen LogP contribution >= 0.6 is 11.3 Å². The highest BCUT2D eigenvalue weighted by molar-refractivity contribution is 7.18. The first-order valence-corrected chi connectivity index (χ1v) is 13.8. The average Bonchev–Trinajstić information content (AvgIpc) is 3.56. The number of aliphatic hydroxyl groups excluding tert-OH is 1. The number of ether oxygens (including phenoxy) is 2. The van der Waals surface area contributed by atoms with Crippen LogP contribution in [-0.4, -0.2) is 40.3 Å². The van der Waals surface area contributed by atoms with Gasteiger partial charge in [-0.05, 0) is 61.7 Å². The SMILES string of the molecule is CCCCOc1cccc([C@@H]2C(=C(O)c3ccc4c(c3)C[C@@H](C)O4)C(=O)C(=O)N2c2nc(C)c(C(C)=O)s2)c1. The van der Waals surface area contributed by atoms with Gasteiger partial charge in [0.15, 0.2) is 10.9 Å². The average molecular weight is 547 g/mol. The molecule has 0 radical (unpaired) electrons. The molecule has 1 amide bonds. The monoisotopic (exact) mass is 546 g/mol. The Kier molecular flexibility index (Phi) is 7.27. The minimum atomic E-state index is -0.964. The fraction of sp³-hybridized carbons (Fsp3) is 0.333. The summed E-state index contributed by atoms with van der Waals surface area (Å²) in [7, 11) is 0. The first-order valence-electron chi connectivity index (χ1n) is 13.0. The van der Waals surface area contributed by atoms with E-state index in [1.165, 1.54) is 11.8 Å². The second kappa shape index (κ2) is 10.6. The summed E-state index contributed by atoms with van der Waals surface area (Å²) < 4.78 is 11.7. The predicted molar refractivity (Wildman–Crippen MR) is 149 cm³/mol. The molecule has 0 unspecified atom stereocenters. The number of aromatic nitrogens is 1. The van der Waals surface area contributed by atoms with Crippen molar-refractivity contribution in [1.29, 1.82) is 0 Å².